The minimum atomic E-state index is 0.874. The summed E-state index contributed by atoms with van der Waals surface area (Å²) in [4.78, 5) is 2.41. The molecule has 11 rings (SSSR count). The largest absolute Gasteiger partial charge is 0.456 e. The molecule has 0 saturated carbocycles. The van der Waals surface area contributed by atoms with E-state index in [1.54, 1.807) is 0 Å². The zero-order valence-electron chi connectivity index (χ0n) is 34.9. The summed E-state index contributed by atoms with van der Waals surface area (Å²) in [5.41, 5.74) is 16.6. The second kappa shape index (κ2) is 17.0. The standard InChI is InChI=1S/C58H39NO.C2H6/c1-3-13-40(14-4-1)42-29-34-48(35-30-42)59(49-36-31-43(32-37-49)41-15-5-2-6-16-41)55-39-47(44-25-27-46(28-26-44)51-21-11-18-45-17-7-8-19-50(45)51)33-38-52(55)53-22-12-24-57-58(53)54-20-9-10-23-56(54)60-57;1-2/h1-39H;1-2H3. The fraction of sp³-hybridized carbons (Fsp3) is 0.0333. The van der Waals surface area contributed by atoms with E-state index in [4.69, 9.17) is 4.42 Å². The number of benzene rings is 10. The van der Waals surface area contributed by atoms with Gasteiger partial charge in [-0.3, -0.25) is 0 Å². The molecule has 0 aliphatic carbocycles. The molecule has 0 spiro atoms. The number of hydrogen-bond acceptors (Lipinski definition) is 2. The molecule has 0 saturated heterocycles. The van der Waals surface area contributed by atoms with Crippen LogP contribution in [-0.4, -0.2) is 0 Å². The van der Waals surface area contributed by atoms with Gasteiger partial charge in [-0.1, -0.05) is 208 Å². The lowest BCUT2D eigenvalue weighted by atomic mass is 9.92. The average Bonchev–Trinajstić information content (AvgIpc) is 3.75. The summed E-state index contributed by atoms with van der Waals surface area (Å²) >= 11 is 0. The lowest BCUT2D eigenvalue weighted by Gasteiger charge is -2.29. The van der Waals surface area contributed by atoms with Crippen LogP contribution in [0.3, 0.4) is 0 Å². The SMILES string of the molecule is CC.c1ccc(-c2ccc(N(c3ccc(-c4ccccc4)cc3)c3cc(-c4ccc(-c5cccc6ccccc56)cc4)ccc3-c3cccc4oc5ccccc5c34)cc2)cc1. The molecule has 0 bridgehead atoms. The summed E-state index contributed by atoms with van der Waals surface area (Å²) in [7, 11) is 0. The quantitative estimate of drug-likeness (QED) is 0.152. The minimum Gasteiger partial charge on any atom is -0.456 e. The summed E-state index contributed by atoms with van der Waals surface area (Å²) in [5.74, 6) is 0. The van der Waals surface area contributed by atoms with Gasteiger partial charge in [0.2, 0.25) is 0 Å². The lowest BCUT2D eigenvalue weighted by Crippen LogP contribution is -2.11. The lowest BCUT2D eigenvalue weighted by molar-refractivity contribution is 0.669. The van der Waals surface area contributed by atoms with Crippen molar-refractivity contribution in [3.05, 3.63) is 237 Å². The van der Waals surface area contributed by atoms with Crippen LogP contribution in [0.25, 0.3) is 88.3 Å². The van der Waals surface area contributed by atoms with E-state index in [-0.39, 0.29) is 0 Å². The van der Waals surface area contributed by atoms with E-state index in [0.717, 1.165) is 61.3 Å². The van der Waals surface area contributed by atoms with Crippen molar-refractivity contribution in [2.24, 2.45) is 0 Å². The Balaban J connectivity index is 0.00000226. The average molecular weight is 796 g/mol. The van der Waals surface area contributed by atoms with E-state index in [1.165, 1.54) is 44.2 Å². The van der Waals surface area contributed by atoms with Gasteiger partial charge in [0.25, 0.3) is 0 Å². The normalized spacial score (nSPS) is 11.1. The van der Waals surface area contributed by atoms with Crippen LogP contribution in [0.4, 0.5) is 17.1 Å². The first-order valence-corrected chi connectivity index (χ1v) is 21.5. The van der Waals surface area contributed by atoms with Crippen LogP contribution >= 0.6 is 0 Å². The second-order valence-corrected chi connectivity index (χ2v) is 15.3. The summed E-state index contributed by atoms with van der Waals surface area (Å²) in [6.45, 7) is 4.00. The van der Waals surface area contributed by atoms with Gasteiger partial charge in [0, 0.05) is 27.7 Å². The predicted molar refractivity (Wildman–Crippen MR) is 264 cm³/mol. The first kappa shape index (κ1) is 38.3. The predicted octanol–water partition coefficient (Wildman–Crippen LogP) is 17.6. The molecule has 2 nitrogen and oxygen atoms in total. The van der Waals surface area contributed by atoms with Crippen molar-refractivity contribution in [1.82, 2.24) is 0 Å². The van der Waals surface area contributed by atoms with E-state index >= 15 is 0 Å². The number of para-hydroxylation sites is 1. The van der Waals surface area contributed by atoms with Gasteiger partial charge >= 0.3 is 0 Å². The molecule has 10 aromatic carbocycles. The van der Waals surface area contributed by atoms with E-state index in [1.807, 2.05) is 19.9 Å². The molecule has 11 aromatic rings. The van der Waals surface area contributed by atoms with Crippen molar-refractivity contribution in [3.63, 3.8) is 0 Å². The molecule has 0 N–H and O–H groups in total. The molecule has 0 amide bonds. The molecule has 0 atom stereocenters. The van der Waals surface area contributed by atoms with Crippen LogP contribution < -0.4 is 4.90 Å². The maximum absolute atomic E-state index is 6.45. The topological polar surface area (TPSA) is 16.4 Å². The molecule has 0 radical (unpaired) electrons. The smallest absolute Gasteiger partial charge is 0.136 e. The number of rotatable bonds is 8. The van der Waals surface area contributed by atoms with Gasteiger partial charge in [0.15, 0.2) is 0 Å². The summed E-state index contributed by atoms with van der Waals surface area (Å²) in [5, 5.41) is 4.72. The highest BCUT2D eigenvalue weighted by Gasteiger charge is 2.22. The molecule has 1 heterocycles. The summed E-state index contributed by atoms with van der Waals surface area (Å²) < 4.78 is 6.45. The second-order valence-electron chi connectivity index (χ2n) is 15.3. The third kappa shape index (κ3) is 7.23. The number of furan rings is 1. The summed E-state index contributed by atoms with van der Waals surface area (Å²) in [6, 6.07) is 84.9. The third-order valence-electron chi connectivity index (χ3n) is 11.7. The molecular weight excluding hydrogens is 751 g/mol. The number of hydrogen-bond donors (Lipinski definition) is 0. The zero-order valence-corrected chi connectivity index (χ0v) is 34.9. The highest BCUT2D eigenvalue weighted by atomic mass is 16.3. The van der Waals surface area contributed by atoms with Crippen molar-refractivity contribution in [2.45, 2.75) is 13.8 Å². The Hall–Kier alpha value is -7.94. The van der Waals surface area contributed by atoms with Gasteiger partial charge in [-0.25, -0.2) is 0 Å². The third-order valence-corrected chi connectivity index (χ3v) is 11.7. The maximum atomic E-state index is 6.45. The molecule has 2 heteroatoms. The van der Waals surface area contributed by atoms with Gasteiger partial charge in [-0.2, -0.15) is 0 Å². The van der Waals surface area contributed by atoms with Gasteiger partial charge in [-0.05, 0) is 103 Å². The van der Waals surface area contributed by atoms with Crippen LogP contribution in [0.15, 0.2) is 241 Å². The molecule has 0 unspecified atom stereocenters. The Morgan fingerprint density at radius 3 is 1.42 bits per heavy atom. The molecular formula is C60H45NO. The highest BCUT2D eigenvalue weighted by Crippen LogP contribution is 2.47. The Morgan fingerprint density at radius 1 is 0.306 bits per heavy atom. The van der Waals surface area contributed by atoms with Crippen molar-refractivity contribution in [2.75, 3.05) is 4.90 Å². The first-order valence-electron chi connectivity index (χ1n) is 21.5. The Labute approximate surface area is 363 Å². The number of anilines is 3. The van der Waals surface area contributed by atoms with Crippen LogP contribution in [0.2, 0.25) is 0 Å². The minimum absolute atomic E-state index is 0.874. The maximum Gasteiger partial charge on any atom is 0.136 e. The van der Waals surface area contributed by atoms with Crippen molar-refractivity contribution < 1.29 is 4.42 Å². The van der Waals surface area contributed by atoms with Crippen LogP contribution in [-0.2, 0) is 0 Å². The first-order chi connectivity index (χ1) is 30.7. The number of fused-ring (bicyclic) bond motifs is 4. The van der Waals surface area contributed by atoms with Crippen LogP contribution in [0.5, 0.6) is 0 Å². The van der Waals surface area contributed by atoms with E-state index in [0.29, 0.717) is 0 Å². The highest BCUT2D eigenvalue weighted by molar-refractivity contribution is 6.14. The summed E-state index contributed by atoms with van der Waals surface area (Å²) in [6.07, 6.45) is 0. The van der Waals surface area contributed by atoms with Gasteiger partial charge in [0.1, 0.15) is 11.2 Å². The Bertz CT molecular complexity index is 3190. The molecule has 1 aromatic heterocycles. The van der Waals surface area contributed by atoms with Crippen molar-refractivity contribution in [1.29, 1.82) is 0 Å². The molecule has 0 aliphatic heterocycles. The van der Waals surface area contributed by atoms with Crippen molar-refractivity contribution >= 4 is 49.8 Å². The number of nitrogens with zero attached hydrogens (tertiary/aromatic N) is 1. The Morgan fingerprint density at radius 2 is 0.758 bits per heavy atom. The molecule has 62 heavy (non-hydrogen) atoms. The molecule has 296 valence electrons. The zero-order chi connectivity index (χ0) is 41.8. The van der Waals surface area contributed by atoms with Crippen LogP contribution in [0, 0.1) is 0 Å². The van der Waals surface area contributed by atoms with E-state index in [2.05, 4.69) is 235 Å². The monoisotopic (exact) mass is 795 g/mol. The van der Waals surface area contributed by atoms with E-state index in [9.17, 15) is 0 Å². The van der Waals surface area contributed by atoms with Gasteiger partial charge < -0.3 is 9.32 Å². The van der Waals surface area contributed by atoms with E-state index < -0.39 is 0 Å². The fourth-order valence-corrected chi connectivity index (χ4v) is 8.74. The van der Waals surface area contributed by atoms with Crippen molar-refractivity contribution in [3.8, 4) is 55.6 Å². The molecule has 0 aliphatic rings. The molecule has 0 fully saturated rings. The fourth-order valence-electron chi connectivity index (χ4n) is 8.74. The van der Waals surface area contributed by atoms with Crippen LogP contribution in [0.1, 0.15) is 13.8 Å². The van der Waals surface area contributed by atoms with Gasteiger partial charge in [0.05, 0.1) is 5.69 Å². The Kier molecular flexibility index (Phi) is 10.5. The van der Waals surface area contributed by atoms with Gasteiger partial charge in [-0.15, -0.1) is 0 Å².